The van der Waals surface area contributed by atoms with Gasteiger partial charge in [0, 0.05) is 17.8 Å². The van der Waals surface area contributed by atoms with E-state index < -0.39 is 0 Å². The van der Waals surface area contributed by atoms with Gasteiger partial charge in [0.05, 0.1) is 5.92 Å². The van der Waals surface area contributed by atoms with E-state index in [1.807, 2.05) is 37.3 Å². The molecule has 1 aliphatic rings. The van der Waals surface area contributed by atoms with E-state index in [2.05, 4.69) is 15.4 Å². The number of hydrogen-bond acceptors (Lipinski definition) is 4. The molecule has 2 atom stereocenters. The van der Waals surface area contributed by atoms with Crippen LogP contribution in [0.15, 0.2) is 41.2 Å². The second-order valence-electron chi connectivity index (χ2n) is 5.60. The number of hydrazine groups is 1. The lowest BCUT2D eigenvalue weighted by Crippen LogP contribution is -2.39. The van der Waals surface area contributed by atoms with E-state index in [0.29, 0.717) is 12.1 Å². The predicted octanol–water partition coefficient (Wildman–Crippen LogP) is 1.18. The lowest BCUT2D eigenvalue weighted by Gasteiger charge is -2.15. The zero-order valence-corrected chi connectivity index (χ0v) is 12.5. The van der Waals surface area contributed by atoms with E-state index in [0.717, 1.165) is 5.56 Å². The lowest BCUT2D eigenvalue weighted by molar-refractivity contribution is -0.120. The molecule has 0 bridgehead atoms. The van der Waals surface area contributed by atoms with E-state index in [1.54, 1.807) is 6.92 Å². The molecule has 1 aliphatic heterocycles. The van der Waals surface area contributed by atoms with Crippen molar-refractivity contribution in [1.82, 2.24) is 15.4 Å². The lowest BCUT2D eigenvalue weighted by atomic mass is 9.94. The summed E-state index contributed by atoms with van der Waals surface area (Å²) in [6.07, 6.45) is 0.653. The van der Waals surface area contributed by atoms with Crippen LogP contribution < -0.4 is 16.0 Å². The number of aryl methyl sites for hydroxylation is 1. The topological polar surface area (TPSA) is 78.1 Å². The minimum Gasteiger partial charge on any atom is -0.291 e. The molecule has 1 fully saturated rings. The third kappa shape index (κ3) is 2.78. The Morgan fingerprint density at radius 1 is 1.23 bits per heavy atom. The summed E-state index contributed by atoms with van der Waals surface area (Å²) in [4.78, 5) is 31.0. The summed E-state index contributed by atoms with van der Waals surface area (Å²) < 4.78 is 0. The molecule has 1 aromatic carbocycles. The molecule has 6 heteroatoms. The molecular formula is C16H18N4O2. The first-order chi connectivity index (χ1) is 10.5. The number of H-pyrrole nitrogens is 1. The smallest absolute Gasteiger partial charge is 0.252 e. The number of aromatic amines is 1. The first-order valence-corrected chi connectivity index (χ1v) is 7.26. The Bertz CT molecular complexity index is 741. The Hall–Kier alpha value is -2.47. The van der Waals surface area contributed by atoms with Crippen molar-refractivity contribution in [3.05, 3.63) is 58.0 Å². The predicted molar refractivity (Wildman–Crippen MR) is 83.3 cm³/mol. The molecule has 2 aromatic rings. The summed E-state index contributed by atoms with van der Waals surface area (Å²) in [5.74, 6) is -0.0178. The summed E-state index contributed by atoms with van der Waals surface area (Å²) >= 11 is 0. The number of rotatable bonds is 3. The average Bonchev–Trinajstić information content (AvgIpc) is 2.75. The van der Waals surface area contributed by atoms with E-state index in [4.69, 9.17) is 0 Å². The second-order valence-corrected chi connectivity index (χ2v) is 5.60. The Labute approximate surface area is 128 Å². The summed E-state index contributed by atoms with van der Waals surface area (Å²) in [7, 11) is 0. The Kier molecular flexibility index (Phi) is 3.77. The van der Waals surface area contributed by atoms with Crippen molar-refractivity contribution >= 4 is 11.9 Å². The van der Waals surface area contributed by atoms with Gasteiger partial charge in [-0.15, -0.1) is 0 Å². The Morgan fingerprint density at radius 3 is 2.64 bits per heavy atom. The highest BCUT2D eigenvalue weighted by molar-refractivity contribution is 5.95. The number of carbonyl (C=O) groups excluding carboxylic acids is 1. The van der Waals surface area contributed by atoms with Crippen LogP contribution in [0.25, 0.3) is 0 Å². The van der Waals surface area contributed by atoms with Crippen LogP contribution in [0.2, 0.25) is 0 Å². The van der Waals surface area contributed by atoms with Crippen LogP contribution in [0.1, 0.15) is 18.2 Å². The molecule has 6 nitrogen and oxygen atoms in total. The van der Waals surface area contributed by atoms with Crippen LogP contribution in [0, 0.1) is 12.8 Å². The summed E-state index contributed by atoms with van der Waals surface area (Å²) in [6, 6.07) is 11.3. The Balaban J connectivity index is 1.85. The van der Waals surface area contributed by atoms with Gasteiger partial charge in [0.25, 0.3) is 5.56 Å². The van der Waals surface area contributed by atoms with Gasteiger partial charge in [0.15, 0.2) is 0 Å². The van der Waals surface area contributed by atoms with Gasteiger partial charge in [0.2, 0.25) is 11.9 Å². The molecule has 2 unspecified atom stereocenters. The number of anilines is 1. The molecule has 0 spiro atoms. The number of benzene rings is 1. The van der Waals surface area contributed by atoms with Crippen molar-refractivity contribution in [2.75, 3.05) is 5.01 Å². The molecule has 1 amide bonds. The molecule has 0 saturated carbocycles. The molecular weight excluding hydrogens is 280 g/mol. The van der Waals surface area contributed by atoms with Crippen molar-refractivity contribution in [2.45, 2.75) is 26.3 Å². The maximum atomic E-state index is 12.6. The molecule has 22 heavy (non-hydrogen) atoms. The molecule has 2 N–H and O–H groups in total. The fourth-order valence-corrected chi connectivity index (χ4v) is 2.70. The van der Waals surface area contributed by atoms with Gasteiger partial charge < -0.3 is 0 Å². The fourth-order valence-electron chi connectivity index (χ4n) is 2.70. The van der Waals surface area contributed by atoms with Gasteiger partial charge in [-0.25, -0.2) is 15.4 Å². The summed E-state index contributed by atoms with van der Waals surface area (Å²) in [6.45, 7) is 3.68. The number of carbonyl (C=O) groups is 1. The molecule has 114 valence electrons. The maximum Gasteiger partial charge on any atom is 0.252 e. The van der Waals surface area contributed by atoms with Crippen molar-refractivity contribution in [3.8, 4) is 0 Å². The second kappa shape index (κ2) is 5.73. The van der Waals surface area contributed by atoms with Gasteiger partial charge in [-0.3, -0.25) is 14.6 Å². The number of nitrogens with one attached hydrogen (secondary N) is 2. The molecule has 2 heterocycles. The van der Waals surface area contributed by atoms with Crippen LogP contribution in [-0.4, -0.2) is 21.9 Å². The van der Waals surface area contributed by atoms with Gasteiger partial charge >= 0.3 is 0 Å². The van der Waals surface area contributed by atoms with Crippen molar-refractivity contribution in [2.24, 2.45) is 5.92 Å². The molecule has 0 aliphatic carbocycles. The maximum absolute atomic E-state index is 12.6. The largest absolute Gasteiger partial charge is 0.291 e. The number of hydrogen-bond donors (Lipinski definition) is 2. The number of amides is 1. The minimum absolute atomic E-state index is 0.0291. The third-order valence-corrected chi connectivity index (χ3v) is 3.84. The van der Waals surface area contributed by atoms with Crippen molar-refractivity contribution < 1.29 is 4.79 Å². The number of nitrogens with zero attached hydrogens (tertiary/aromatic N) is 2. The highest BCUT2D eigenvalue weighted by Crippen LogP contribution is 2.23. The van der Waals surface area contributed by atoms with Gasteiger partial charge in [0.1, 0.15) is 0 Å². The van der Waals surface area contributed by atoms with Crippen LogP contribution >= 0.6 is 0 Å². The van der Waals surface area contributed by atoms with E-state index >= 15 is 0 Å². The molecule has 3 rings (SSSR count). The minimum atomic E-state index is -0.267. The quantitative estimate of drug-likeness (QED) is 0.892. The first kappa shape index (κ1) is 14.5. The fraction of sp³-hybridized carbons (Fsp3) is 0.312. The van der Waals surface area contributed by atoms with Gasteiger partial charge in [-0.1, -0.05) is 30.3 Å². The van der Waals surface area contributed by atoms with Gasteiger partial charge in [-0.2, -0.15) is 0 Å². The van der Waals surface area contributed by atoms with E-state index in [-0.39, 0.29) is 29.4 Å². The van der Waals surface area contributed by atoms with Crippen molar-refractivity contribution in [3.63, 3.8) is 0 Å². The van der Waals surface area contributed by atoms with Crippen molar-refractivity contribution in [1.29, 1.82) is 0 Å². The van der Waals surface area contributed by atoms with Crippen LogP contribution in [0.5, 0.6) is 0 Å². The van der Waals surface area contributed by atoms with E-state index in [9.17, 15) is 9.59 Å². The van der Waals surface area contributed by atoms with Crippen LogP contribution in [0.3, 0.4) is 0 Å². The Morgan fingerprint density at radius 2 is 1.95 bits per heavy atom. The summed E-state index contributed by atoms with van der Waals surface area (Å²) in [5, 5.41) is 1.35. The third-order valence-electron chi connectivity index (χ3n) is 3.84. The van der Waals surface area contributed by atoms with E-state index in [1.165, 1.54) is 11.1 Å². The van der Waals surface area contributed by atoms with Crippen LogP contribution in [-0.2, 0) is 11.2 Å². The molecule has 0 radical (unpaired) electrons. The zero-order valence-electron chi connectivity index (χ0n) is 12.5. The molecule has 1 aromatic heterocycles. The standard InChI is InChI=1S/C16H18N4O2/c1-10-8-14(21)18-16(17-10)20-15(22)13(11(2)19-20)9-12-6-4-3-5-7-12/h3-8,11,13,19H,9H2,1-2H3,(H,17,18,21). The highest BCUT2D eigenvalue weighted by atomic mass is 16.2. The highest BCUT2D eigenvalue weighted by Gasteiger charge is 2.39. The number of aromatic nitrogens is 2. The summed E-state index contributed by atoms with van der Waals surface area (Å²) in [5.41, 5.74) is 4.52. The van der Waals surface area contributed by atoms with Crippen LogP contribution in [0.4, 0.5) is 5.95 Å². The molecule has 1 saturated heterocycles. The first-order valence-electron chi connectivity index (χ1n) is 7.26. The monoisotopic (exact) mass is 298 g/mol. The SMILES string of the molecule is Cc1cc(=O)[nH]c(N2NC(C)C(Cc3ccccc3)C2=O)n1. The zero-order chi connectivity index (χ0) is 15.7. The normalized spacial score (nSPS) is 21.4. The van der Waals surface area contributed by atoms with Gasteiger partial charge in [-0.05, 0) is 25.8 Å². The average molecular weight is 298 g/mol.